The molecule has 4 rings (SSSR count). The number of fused-ring (bicyclic) bond motifs is 1. The van der Waals surface area contributed by atoms with Crippen LogP contribution in [0.25, 0.3) is 16.8 Å². The number of ether oxygens (including phenoxy) is 1. The first-order valence-electron chi connectivity index (χ1n) is 11.0. The van der Waals surface area contributed by atoms with Crippen molar-refractivity contribution in [1.29, 1.82) is 0 Å². The Balaban J connectivity index is 1.69. The van der Waals surface area contributed by atoms with Gasteiger partial charge in [-0.05, 0) is 66.8 Å². The second-order valence-corrected chi connectivity index (χ2v) is 9.30. The lowest BCUT2D eigenvalue weighted by molar-refractivity contribution is -0.122. The molecule has 1 aliphatic heterocycles. The van der Waals surface area contributed by atoms with Gasteiger partial charge in [0.2, 0.25) is 0 Å². The Morgan fingerprint density at radius 2 is 1.75 bits per heavy atom. The van der Waals surface area contributed by atoms with Crippen LogP contribution in [0, 0.1) is 12.8 Å². The van der Waals surface area contributed by atoms with Gasteiger partial charge in [0.1, 0.15) is 5.75 Å². The fraction of sp³-hybridized carbons (Fsp3) is 0.259. The summed E-state index contributed by atoms with van der Waals surface area (Å²) in [7, 11) is 0. The molecule has 164 valence electrons. The molecule has 0 saturated carbocycles. The van der Waals surface area contributed by atoms with E-state index in [0.717, 1.165) is 27.8 Å². The normalized spacial score (nSPS) is 16.7. The molecule has 4 nitrogen and oxygen atoms in total. The number of hydrogen-bond donors (Lipinski definition) is 0. The number of nitrogens with zero attached hydrogens (tertiary/aromatic N) is 2. The fourth-order valence-electron chi connectivity index (χ4n) is 3.54. The summed E-state index contributed by atoms with van der Waals surface area (Å²) in [6, 6.07) is 20.2. The van der Waals surface area contributed by atoms with Crippen molar-refractivity contribution < 1.29 is 9.53 Å². The first kappa shape index (κ1) is 22.2. The zero-order chi connectivity index (χ0) is 22.7. The Bertz CT molecular complexity index is 1200. The highest BCUT2D eigenvalue weighted by Crippen LogP contribution is 2.36. The van der Waals surface area contributed by atoms with Crippen molar-refractivity contribution in [2.75, 3.05) is 13.2 Å². The molecule has 0 unspecified atom stereocenters. The summed E-state index contributed by atoms with van der Waals surface area (Å²) >= 11 is 1.43. The van der Waals surface area contributed by atoms with E-state index in [4.69, 9.17) is 9.73 Å². The molecule has 1 fully saturated rings. The lowest BCUT2D eigenvalue weighted by Crippen LogP contribution is -2.28. The molecule has 32 heavy (non-hydrogen) atoms. The average molecular weight is 445 g/mol. The molecular formula is C27H28N2O2S. The molecule has 3 aromatic rings. The molecule has 0 aromatic heterocycles. The summed E-state index contributed by atoms with van der Waals surface area (Å²) in [5.74, 6) is 1.32. The molecule has 0 radical (unpaired) electrons. The van der Waals surface area contributed by atoms with Crippen LogP contribution in [0.3, 0.4) is 0 Å². The Morgan fingerprint density at radius 1 is 1.03 bits per heavy atom. The third kappa shape index (κ3) is 4.73. The van der Waals surface area contributed by atoms with E-state index in [1.807, 2.05) is 68.5 Å². The van der Waals surface area contributed by atoms with Crippen molar-refractivity contribution in [3.63, 3.8) is 0 Å². The summed E-state index contributed by atoms with van der Waals surface area (Å²) < 4.78 is 6.03. The van der Waals surface area contributed by atoms with Gasteiger partial charge in [-0.1, -0.05) is 61.9 Å². The van der Waals surface area contributed by atoms with Crippen LogP contribution in [0.5, 0.6) is 5.75 Å². The molecule has 0 bridgehead atoms. The van der Waals surface area contributed by atoms with Gasteiger partial charge >= 0.3 is 0 Å². The summed E-state index contributed by atoms with van der Waals surface area (Å²) in [6.07, 6.45) is 1.97. The predicted molar refractivity (Wildman–Crippen MR) is 136 cm³/mol. The van der Waals surface area contributed by atoms with Gasteiger partial charge in [-0.2, -0.15) is 0 Å². The van der Waals surface area contributed by atoms with Crippen molar-refractivity contribution in [1.82, 2.24) is 4.90 Å². The number of amidine groups is 1. The quantitative estimate of drug-likeness (QED) is 0.392. The van der Waals surface area contributed by atoms with Crippen molar-refractivity contribution in [2.45, 2.75) is 27.7 Å². The summed E-state index contributed by atoms with van der Waals surface area (Å²) in [4.78, 5) is 20.3. The van der Waals surface area contributed by atoms with Gasteiger partial charge in [-0.3, -0.25) is 9.69 Å². The molecule has 1 aliphatic rings. The molecule has 0 N–H and O–H groups in total. The number of aliphatic imine (C=N–C) groups is 1. The van der Waals surface area contributed by atoms with E-state index in [0.29, 0.717) is 29.1 Å². The molecule has 1 amide bonds. The Hall–Kier alpha value is -3.05. The Morgan fingerprint density at radius 3 is 2.44 bits per heavy atom. The molecule has 1 heterocycles. The van der Waals surface area contributed by atoms with Crippen molar-refractivity contribution >= 4 is 45.4 Å². The van der Waals surface area contributed by atoms with E-state index in [2.05, 4.69) is 26.0 Å². The lowest BCUT2D eigenvalue weighted by atomic mass is 10.0. The van der Waals surface area contributed by atoms with Crippen LogP contribution in [0.15, 0.2) is 70.6 Å². The number of likely N-dealkylation sites (N-methyl/N-ethyl adjacent to an activating group) is 1. The van der Waals surface area contributed by atoms with Crippen molar-refractivity contribution in [3.8, 4) is 5.75 Å². The number of amides is 1. The maximum atomic E-state index is 13.1. The first-order valence-corrected chi connectivity index (χ1v) is 11.8. The zero-order valence-electron chi connectivity index (χ0n) is 19.0. The van der Waals surface area contributed by atoms with Crippen LogP contribution >= 0.6 is 11.8 Å². The van der Waals surface area contributed by atoms with Crippen LogP contribution in [-0.2, 0) is 4.79 Å². The number of benzene rings is 3. The number of carbonyl (C=O) groups is 1. The molecule has 1 saturated heterocycles. The fourth-order valence-corrected chi connectivity index (χ4v) is 4.60. The van der Waals surface area contributed by atoms with Crippen LogP contribution < -0.4 is 4.74 Å². The van der Waals surface area contributed by atoms with E-state index in [9.17, 15) is 4.79 Å². The molecule has 0 aliphatic carbocycles. The van der Waals surface area contributed by atoms with Crippen molar-refractivity contribution in [2.24, 2.45) is 10.9 Å². The number of thioether (sulfide) groups is 1. The average Bonchev–Trinajstić information content (AvgIpc) is 3.08. The minimum atomic E-state index is -0.00687. The summed E-state index contributed by atoms with van der Waals surface area (Å²) in [5.41, 5.74) is 3.04. The third-order valence-electron chi connectivity index (χ3n) is 5.24. The standard InChI is InChI=1S/C27H28N2O2S/c1-5-29-26(30)25(32-27(29)28-21-13-10-19(4)11-14-21)16-20-12-15-24(31-17-18(2)3)23-9-7-6-8-22(20)23/h6-16,18H,5,17H2,1-4H3/b25-16+,28-27?. The molecule has 3 aromatic carbocycles. The van der Waals surface area contributed by atoms with E-state index < -0.39 is 0 Å². The largest absolute Gasteiger partial charge is 0.493 e. The van der Waals surface area contributed by atoms with Gasteiger partial charge in [-0.15, -0.1) is 0 Å². The van der Waals surface area contributed by atoms with Gasteiger partial charge in [-0.25, -0.2) is 4.99 Å². The van der Waals surface area contributed by atoms with Gasteiger partial charge in [0, 0.05) is 11.9 Å². The van der Waals surface area contributed by atoms with E-state index in [1.54, 1.807) is 4.90 Å². The third-order valence-corrected chi connectivity index (χ3v) is 6.25. The van der Waals surface area contributed by atoms with Crippen LogP contribution in [0.2, 0.25) is 0 Å². The predicted octanol–water partition coefficient (Wildman–Crippen LogP) is 6.81. The van der Waals surface area contributed by atoms with Crippen LogP contribution in [-0.4, -0.2) is 29.1 Å². The second kappa shape index (κ2) is 9.61. The molecule has 0 atom stereocenters. The maximum absolute atomic E-state index is 13.1. The number of rotatable bonds is 6. The highest BCUT2D eigenvalue weighted by Gasteiger charge is 2.32. The number of carbonyl (C=O) groups excluding carboxylic acids is 1. The first-order chi connectivity index (χ1) is 15.5. The minimum Gasteiger partial charge on any atom is -0.493 e. The maximum Gasteiger partial charge on any atom is 0.266 e. The van der Waals surface area contributed by atoms with Gasteiger partial charge in [0.15, 0.2) is 5.17 Å². The molecular weight excluding hydrogens is 416 g/mol. The topological polar surface area (TPSA) is 41.9 Å². The van der Waals surface area contributed by atoms with Crippen molar-refractivity contribution in [3.05, 3.63) is 76.7 Å². The Labute approximate surface area is 194 Å². The van der Waals surface area contributed by atoms with Gasteiger partial charge in [0.05, 0.1) is 17.2 Å². The number of aryl methyl sites for hydroxylation is 1. The van der Waals surface area contributed by atoms with Gasteiger partial charge < -0.3 is 4.74 Å². The number of hydrogen-bond acceptors (Lipinski definition) is 4. The second-order valence-electron chi connectivity index (χ2n) is 8.29. The zero-order valence-corrected chi connectivity index (χ0v) is 19.8. The van der Waals surface area contributed by atoms with E-state index >= 15 is 0 Å². The highest BCUT2D eigenvalue weighted by atomic mass is 32.2. The minimum absolute atomic E-state index is 0.00687. The summed E-state index contributed by atoms with van der Waals surface area (Å²) in [5, 5.41) is 2.84. The molecule has 5 heteroatoms. The SMILES string of the molecule is CCN1C(=O)/C(=C\c2ccc(OCC(C)C)c3ccccc23)SC1=Nc1ccc(C)cc1. The van der Waals surface area contributed by atoms with Crippen LogP contribution in [0.4, 0.5) is 5.69 Å². The van der Waals surface area contributed by atoms with E-state index in [1.165, 1.54) is 17.3 Å². The van der Waals surface area contributed by atoms with E-state index in [-0.39, 0.29) is 5.91 Å². The van der Waals surface area contributed by atoms with Crippen LogP contribution in [0.1, 0.15) is 31.9 Å². The smallest absolute Gasteiger partial charge is 0.266 e. The summed E-state index contributed by atoms with van der Waals surface area (Å²) in [6.45, 7) is 9.55. The van der Waals surface area contributed by atoms with Gasteiger partial charge in [0.25, 0.3) is 5.91 Å². The highest BCUT2D eigenvalue weighted by molar-refractivity contribution is 8.18. The lowest BCUT2D eigenvalue weighted by Gasteiger charge is -2.13. The monoisotopic (exact) mass is 444 g/mol. The Kier molecular flexibility index (Phi) is 6.66. The molecule has 0 spiro atoms.